The van der Waals surface area contributed by atoms with E-state index in [1.54, 1.807) is 17.0 Å². The van der Waals surface area contributed by atoms with Crippen molar-refractivity contribution in [3.63, 3.8) is 0 Å². The number of carbonyl (C=O) groups is 1. The summed E-state index contributed by atoms with van der Waals surface area (Å²) in [4.78, 5) is 16.3. The van der Waals surface area contributed by atoms with Crippen LogP contribution in [0, 0.1) is 5.82 Å². The van der Waals surface area contributed by atoms with E-state index in [4.69, 9.17) is 0 Å². The van der Waals surface area contributed by atoms with Gasteiger partial charge in [0.25, 0.3) is 0 Å². The molecule has 3 rings (SSSR count). The normalized spacial score (nSPS) is 26.5. The Balaban J connectivity index is 1.54. The number of carbonyl (C=O) groups excluding carboxylic acids is 1. The minimum atomic E-state index is -0.578. The zero-order valence-electron chi connectivity index (χ0n) is 13.8. The van der Waals surface area contributed by atoms with E-state index in [1.165, 1.54) is 12.1 Å². The van der Waals surface area contributed by atoms with Gasteiger partial charge >= 0.3 is 0 Å². The quantitative estimate of drug-likeness (QED) is 0.857. The van der Waals surface area contributed by atoms with Crippen LogP contribution in [0.3, 0.4) is 0 Å². The molecule has 0 aromatic heterocycles. The first-order valence-electron chi connectivity index (χ1n) is 8.65. The average molecular weight is 336 g/mol. The minimum Gasteiger partial charge on any atom is -0.393 e. The van der Waals surface area contributed by atoms with Crippen molar-refractivity contribution in [1.29, 1.82) is 0 Å². The SMILES string of the molecule is O=C(Cc1cccc(F)c1)N1CC[C@@H](N2CCC(O)CC2)[C@H](O)C1. The number of piperidine rings is 2. The second-order valence-corrected chi connectivity index (χ2v) is 6.84. The van der Waals surface area contributed by atoms with Crippen LogP contribution in [0.2, 0.25) is 0 Å². The van der Waals surface area contributed by atoms with Crippen LogP contribution in [0.4, 0.5) is 4.39 Å². The third kappa shape index (κ3) is 4.12. The highest BCUT2D eigenvalue weighted by atomic mass is 19.1. The molecule has 6 heteroatoms. The maximum absolute atomic E-state index is 13.2. The van der Waals surface area contributed by atoms with Crippen molar-refractivity contribution in [3.8, 4) is 0 Å². The second kappa shape index (κ2) is 7.59. The van der Waals surface area contributed by atoms with E-state index in [-0.39, 0.29) is 30.3 Å². The molecule has 2 aliphatic rings. The molecule has 1 aromatic carbocycles. The van der Waals surface area contributed by atoms with Crippen molar-refractivity contribution >= 4 is 5.91 Å². The van der Waals surface area contributed by atoms with E-state index in [9.17, 15) is 19.4 Å². The molecule has 1 aromatic rings. The molecule has 24 heavy (non-hydrogen) atoms. The van der Waals surface area contributed by atoms with Crippen molar-refractivity contribution in [2.75, 3.05) is 26.2 Å². The number of hydrogen-bond acceptors (Lipinski definition) is 4. The lowest BCUT2D eigenvalue weighted by molar-refractivity contribution is -0.136. The van der Waals surface area contributed by atoms with Crippen LogP contribution in [-0.4, -0.2) is 70.3 Å². The van der Waals surface area contributed by atoms with Crippen LogP contribution in [0.25, 0.3) is 0 Å². The number of aliphatic hydroxyl groups is 2. The van der Waals surface area contributed by atoms with E-state index in [0.717, 1.165) is 32.4 Å². The van der Waals surface area contributed by atoms with Crippen LogP contribution in [-0.2, 0) is 11.2 Å². The van der Waals surface area contributed by atoms with Crippen molar-refractivity contribution in [3.05, 3.63) is 35.6 Å². The Bertz CT molecular complexity index is 575. The molecule has 0 radical (unpaired) electrons. The summed E-state index contributed by atoms with van der Waals surface area (Å²) in [5.74, 6) is -0.418. The molecule has 0 unspecified atom stereocenters. The number of halogens is 1. The summed E-state index contributed by atoms with van der Waals surface area (Å²) < 4.78 is 13.2. The Kier molecular flexibility index (Phi) is 5.48. The Morgan fingerprint density at radius 3 is 2.58 bits per heavy atom. The summed E-state index contributed by atoms with van der Waals surface area (Å²) in [5, 5.41) is 20.1. The fraction of sp³-hybridized carbons (Fsp3) is 0.611. The van der Waals surface area contributed by atoms with Gasteiger partial charge in [0.2, 0.25) is 5.91 Å². The fourth-order valence-corrected chi connectivity index (χ4v) is 3.72. The first-order valence-corrected chi connectivity index (χ1v) is 8.65. The number of amides is 1. The summed E-state index contributed by atoms with van der Waals surface area (Å²) >= 11 is 0. The van der Waals surface area contributed by atoms with Gasteiger partial charge in [0, 0.05) is 32.2 Å². The summed E-state index contributed by atoms with van der Waals surface area (Å²) in [6, 6.07) is 6.13. The lowest BCUT2D eigenvalue weighted by atomic mass is 9.96. The number of hydrogen-bond donors (Lipinski definition) is 2. The molecule has 2 heterocycles. The maximum Gasteiger partial charge on any atom is 0.227 e. The molecule has 5 nitrogen and oxygen atoms in total. The lowest BCUT2D eigenvalue weighted by Gasteiger charge is -2.43. The molecule has 132 valence electrons. The van der Waals surface area contributed by atoms with Crippen LogP contribution < -0.4 is 0 Å². The van der Waals surface area contributed by atoms with Crippen molar-refractivity contribution < 1.29 is 19.4 Å². The molecule has 2 fully saturated rings. The molecule has 0 bridgehead atoms. The third-order valence-corrected chi connectivity index (χ3v) is 5.11. The van der Waals surface area contributed by atoms with E-state index in [1.807, 2.05) is 0 Å². The molecule has 2 saturated heterocycles. The number of nitrogens with zero attached hydrogens (tertiary/aromatic N) is 2. The number of benzene rings is 1. The van der Waals surface area contributed by atoms with E-state index < -0.39 is 6.10 Å². The lowest BCUT2D eigenvalue weighted by Crippen LogP contribution is -2.57. The fourth-order valence-electron chi connectivity index (χ4n) is 3.72. The molecule has 0 aliphatic carbocycles. The average Bonchev–Trinajstić information content (AvgIpc) is 2.56. The summed E-state index contributed by atoms with van der Waals surface area (Å²) in [5.41, 5.74) is 0.654. The van der Waals surface area contributed by atoms with Gasteiger partial charge in [-0.2, -0.15) is 0 Å². The first-order chi connectivity index (χ1) is 11.5. The largest absolute Gasteiger partial charge is 0.393 e. The van der Waals surface area contributed by atoms with Crippen LogP contribution in [0.1, 0.15) is 24.8 Å². The van der Waals surface area contributed by atoms with Gasteiger partial charge in [-0.15, -0.1) is 0 Å². The van der Waals surface area contributed by atoms with Gasteiger partial charge in [-0.25, -0.2) is 4.39 Å². The van der Waals surface area contributed by atoms with Crippen LogP contribution in [0.15, 0.2) is 24.3 Å². The van der Waals surface area contributed by atoms with Gasteiger partial charge in [0.05, 0.1) is 18.6 Å². The predicted molar refractivity (Wildman–Crippen MR) is 87.9 cm³/mol. The minimum absolute atomic E-state index is 0.0516. The number of β-amino-alcohol motifs (C(OH)–C–C–N with tert-alkyl or cyclic N) is 1. The number of rotatable bonds is 3. The smallest absolute Gasteiger partial charge is 0.227 e. The number of likely N-dealkylation sites (tertiary alicyclic amines) is 2. The molecule has 2 aliphatic heterocycles. The summed E-state index contributed by atoms with van der Waals surface area (Å²) in [7, 11) is 0. The zero-order valence-corrected chi connectivity index (χ0v) is 13.8. The molecular formula is C18H25FN2O3. The standard InChI is InChI=1S/C18H25FN2O3/c19-14-3-1-2-13(10-14)11-18(24)21-9-6-16(17(23)12-21)20-7-4-15(22)5-8-20/h1-3,10,15-17,22-23H,4-9,11-12H2/t16-,17-/m1/s1. The molecule has 0 spiro atoms. The Labute approximate surface area is 141 Å². The van der Waals surface area contributed by atoms with E-state index in [2.05, 4.69) is 4.90 Å². The first kappa shape index (κ1) is 17.3. The highest BCUT2D eigenvalue weighted by Gasteiger charge is 2.35. The Morgan fingerprint density at radius 2 is 1.92 bits per heavy atom. The van der Waals surface area contributed by atoms with E-state index >= 15 is 0 Å². The van der Waals surface area contributed by atoms with E-state index in [0.29, 0.717) is 18.7 Å². The van der Waals surface area contributed by atoms with Gasteiger partial charge < -0.3 is 15.1 Å². The Morgan fingerprint density at radius 1 is 1.17 bits per heavy atom. The molecule has 2 atom stereocenters. The van der Waals surface area contributed by atoms with Crippen molar-refractivity contribution in [2.45, 2.75) is 43.9 Å². The van der Waals surface area contributed by atoms with Gasteiger partial charge in [-0.1, -0.05) is 12.1 Å². The van der Waals surface area contributed by atoms with Gasteiger partial charge in [0.15, 0.2) is 0 Å². The van der Waals surface area contributed by atoms with Crippen LogP contribution in [0.5, 0.6) is 0 Å². The Hall–Kier alpha value is -1.50. The molecule has 1 amide bonds. The topological polar surface area (TPSA) is 64.0 Å². The third-order valence-electron chi connectivity index (χ3n) is 5.11. The van der Waals surface area contributed by atoms with Gasteiger partial charge in [-0.05, 0) is 37.0 Å². The van der Waals surface area contributed by atoms with Gasteiger partial charge in [-0.3, -0.25) is 9.69 Å². The second-order valence-electron chi connectivity index (χ2n) is 6.84. The zero-order chi connectivity index (χ0) is 17.1. The van der Waals surface area contributed by atoms with Crippen LogP contribution >= 0.6 is 0 Å². The van der Waals surface area contributed by atoms with Gasteiger partial charge in [0.1, 0.15) is 5.82 Å². The number of aliphatic hydroxyl groups excluding tert-OH is 2. The van der Waals surface area contributed by atoms with Crippen molar-refractivity contribution in [2.24, 2.45) is 0 Å². The molecular weight excluding hydrogens is 311 g/mol. The summed E-state index contributed by atoms with van der Waals surface area (Å²) in [6.07, 6.45) is 1.56. The summed E-state index contributed by atoms with van der Waals surface area (Å²) in [6.45, 7) is 2.51. The molecule has 2 N–H and O–H groups in total. The highest BCUT2D eigenvalue weighted by molar-refractivity contribution is 5.79. The highest BCUT2D eigenvalue weighted by Crippen LogP contribution is 2.22. The predicted octanol–water partition coefficient (Wildman–Crippen LogP) is 0.787. The maximum atomic E-state index is 13.2. The van der Waals surface area contributed by atoms with Crippen molar-refractivity contribution in [1.82, 2.24) is 9.80 Å². The molecule has 0 saturated carbocycles. The monoisotopic (exact) mass is 336 g/mol.